The van der Waals surface area contributed by atoms with Gasteiger partial charge < -0.3 is 4.42 Å². The summed E-state index contributed by atoms with van der Waals surface area (Å²) >= 11 is 0.990. The minimum absolute atomic E-state index is 0. The Morgan fingerprint density at radius 2 is 1.67 bits per heavy atom. The van der Waals surface area contributed by atoms with Gasteiger partial charge in [-0.15, -0.1) is 21.5 Å². The number of fused-ring (bicyclic) bond motifs is 1. The summed E-state index contributed by atoms with van der Waals surface area (Å²) in [6.07, 6.45) is -3.26. The van der Waals surface area contributed by atoms with E-state index in [-0.39, 0.29) is 23.9 Å². The highest BCUT2D eigenvalue weighted by Crippen LogP contribution is 2.38. The van der Waals surface area contributed by atoms with Gasteiger partial charge in [0, 0.05) is 11.8 Å². The molecule has 3 aromatic heterocycles. The third kappa shape index (κ3) is 7.57. The number of nitrogens with two attached hydrogens (primary N) is 1. The molecule has 18 heteroatoms. The van der Waals surface area contributed by atoms with E-state index in [1.807, 2.05) is 4.72 Å². The molecule has 3 N–H and O–H groups in total. The van der Waals surface area contributed by atoms with Crippen LogP contribution in [0, 0.1) is 5.95 Å². The average molecular weight is 659 g/mol. The Balaban J connectivity index is 0.00000423. The lowest BCUT2D eigenvalue weighted by Gasteiger charge is -2.13. The van der Waals surface area contributed by atoms with Crippen LogP contribution in [0.1, 0.15) is 40.6 Å². The van der Waals surface area contributed by atoms with Gasteiger partial charge in [0.05, 0.1) is 28.1 Å². The van der Waals surface area contributed by atoms with Gasteiger partial charge in [-0.1, -0.05) is 25.6 Å². The van der Waals surface area contributed by atoms with E-state index in [1.54, 1.807) is 18.2 Å². The Morgan fingerprint density at radius 3 is 2.30 bits per heavy atom. The predicted molar refractivity (Wildman–Crippen MR) is 150 cm³/mol. The van der Waals surface area contributed by atoms with Crippen molar-refractivity contribution in [2.75, 3.05) is 0 Å². The molecule has 0 amide bonds. The van der Waals surface area contributed by atoms with Crippen LogP contribution in [0.15, 0.2) is 65.2 Å². The number of nitrogens with zero attached hydrogens (tertiary/aromatic N) is 4. The number of thiazole rings is 1. The second kappa shape index (κ2) is 12.0. The summed E-state index contributed by atoms with van der Waals surface area (Å²) in [5.74, 6) is -2.08. The minimum atomic E-state index is -4.60. The van der Waals surface area contributed by atoms with Gasteiger partial charge in [-0.05, 0) is 47.5 Å². The summed E-state index contributed by atoms with van der Waals surface area (Å²) in [7, 11) is -8.45. The smallest absolute Gasteiger partial charge is 0.416 e. The highest BCUT2D eigenvalue weighted by Gasteiger charge is 2.37. The standard InChI is InChI=1S/C24H18F4N6O5S3.CH4/c25-19-8-4-15(10-30-19)14-3-7-17-18(9-14)40-23(32-17)21(22-34-33-20(39-22)11-31-42(29,37)38)41(35,36)12-13-1-5-16(6-2-13)24(26,27)28;/h1-10,21,31H,11-12H2,(H2,29,37,38);1H4. The summed E-state index contributed by atoms with van der Waals surface area (Å²) in [6.45, 7) is -0.521. The number of rotatable bonds is 9. The fourth-order valence-electron chi connectivity index (χ4n) is 3.91. The topological polar surface area (TPSA) is 171 Å². The summed E-state index contributed by atoms with van der Waals surface area (Å²) in [4.78, 5) is 8.08. The number of hydrogen-bond acceptors (Lipinski definition) is 10. The van der Waals surface area contributed by atoms with Crippen molar-refractivity contribution in [2.24, 2.45) is 5.14 Å². The molecule has 11 nitrogen and oxygen atoms in total. The molecule has 0 saturated carbocycles. The molecular weight excluding hydrogens is 637 g/mol. The van der Waals surface area contributed by atoms with E-state index in [1.165, 1.54) is 18.3 Å². The van der Waals surface area contributed by atoms with Crippen molar-refractivity contribution < 1.29 is 38.8 Å². The quantitative estimate of drug-likeness (QED) is 0.171. The first-order valence-corrected chi connectivity index (χ1v) is 15.8. The van der Waals surface area contributed by atoms with Crippen molar-refractivity contribution >= 4 is 41.6 Å². The molecule has 0 radical (unpaired) electrons. The fourth-order valence-corrected chi connectivity index (χ4v) is 7.38. The van der Waals surface area contributed by atoms with Gasteiger partial charge in [0.15, 0.2) is 15.1 Å². The van der Waals surface area contributed by atoms with Crippen molar-refractivity contribution in [3.8, 4) is 11.1 Å². The van der Waals surface area contributed by atoms with Gasteiger partial charge in [0.2, 0.25) is 17.7 Å². The van der Waals surface area contributed by atoms with Gasteiger partial charge in [0.25, 0.3) is 10.2 Å². The first kappa shape index (κ1) is 32.1. The molecule has 3 heterocycles. The number of aromatic nitrogens is 4. The third-order valence-electron chi connectivity index (χ3n) is 5.83. The molecule has 5 aromatic rings. The molecule has 2 aromatic carbocycles. The lowest BCUT2D eigenvalue weighted by Crippen LogP contribution is -2.30. The second-order valence-corrected chi connectivity index (χ2v) is 13.4. The lowest BCUT2D eigenvalue weighted by molar-refractivity contribution is -0.137. The van der Waals surface area contributed by atoms with Crippen LogP contribution in [0.4, 0.5) is 17.6 Å². The lowest BCUT2D eigenvalue weighted by atomic mass is 10.1. The van der Waals surface area contributed by atoms with E-state index in [4.69, 9.17) is 9.56 Å². The van der Waals surface area contributed by atoms with Crippen LogP contribution in [0.5, 0.6) is 0 Å². The third-order valence-corrected chi connectivity index (χ3v) is 9.49. The monoisotopic (exact) mass is 658 g/mol. The normalized spacial score (nSPS) is 13.1. The number of sulfone groups is 1. The highest BCUT2D eigenvalue weighted by molar-refractivity contribution is 7.91. The van der Waals surface area contributed by atoms with Crippen LogP contribution in [0.3, 0.4) is 0 Å². The molecule has 1 atom stereocenters. The molecule has 1 unspecified atom stereocenters. The van der Waals surface area contributed by atoms with Gasteiger partial charge in [-0.25, -0.2) is 23.5 Å². The summed E-state index contributed by atoms with van der Waals surface area (Å²) in [6, 6.07) is 11.4. The molecule has 0 saturated heterocycles. The minimum Gasteiger partial charge on any atom is -0.422 e. The van der Waals surface area contributed by atoms with Crippen molar-refractivity contribution in [3.05, 3.63) is 94.7 Å². The van der Waals surface area contributed by atoms with E-state index < -0.39 is 61.2 Å². The predicted octanol–water partition coefficient (Wildman–Crippen LogP) is 4.53. The maximum absolute atomic E-state index is 13.7. The molecule has 0 spiro atoms. The Kier molecular flexibility index (Phi) is 8.98. The Bertz CT molecular complexity index is 1960. The van der Waals surface area contributed by atoms with Crippen molar-refractivity contribution in [3.63, 3.8) is 0 Å². The Labute approximate surface area is 246 Å². The number of halogens is 4. The molecular formula is C25H22F4N6O5S3. The molecule has 0 aliphatic carbocycles. The zero-order valence-corrected chi connectivity index (χ0v) is 23.4. The van der Waals surface area contributed by atoms with Crippen LogP contribution in [-0.2, 0) is 38.5 Å². The van der Waals surface area contributed by atoms with E-state index >= 15 is 0 Å². The van der Waals surface area contributed by atoms with E-state index in [0.717, 1.165) is 35.6 Å². The summed E-state index contributed by atoms with van der Waals surface area (Å²) in [5.41, 5.74) is 0.796. The first-order chi connectivity index (χ1) is 19.7. The number of benzene rings is 2. The van der Waals surface area contributed by atoms with Crippen molar-refractivity contribution in [2.45, 2.75) is 31.2 Å². The molecule has 43 heavy (non-hydrogen) atoms. The second-order valence-electron chi connectivity index (χ2n) is 8.89. The van der Waals surface area contributed by atoms with Crippen LogP contribution >= 0.6 is 11.3 Å². The summed E-state index contributed by atoms with van der Waals surface area (Å²) < 4.78 is 110. The number of nitrogens with one attached hydrogen (secondary N) is 1. The van der Waals surface area contributed by atoms with Gasteiger partial charge >= 0.3 is 6.18 Å². The van der Waals surface area contributed by atoms with Crippen LogP contribution in [0.25, 0.3) is 21.3 Å². The molecule has 228 valence electrons. The molecule has 5 rings (SSSR count). The summed E-state index contributed by atoms with van der Waals surface area (Å²) in [5, 5.41) is 10.8. The molecule has 0 aliphatic heterocycles. The van der Waals surface area contributed by atoms with E-state index in [2.05, 4.69) is 20.2 Å². The van der Waals surface area contributed by atoms with Gasteiger partial charge in [-0.3, -0.25) is 0 Å². The van der Waals surface area contributed by atoms with Crippen LogP contribution in [0.2, 0.25) is 0 Å². The number of pyridine rings is 1. The fraction of sp³-hybridized carbons (Fsp3) is 0.200. The molecule has 0 fully saturated rings. The first-order valence-electron chi connectivity index (χ1n) is 11.7. The van der Waals surface area contributed by atoms with Crippen molar-refractivity contribution in [1.82, 2.24) is 24.9 Å². The van der Waals surface area contributed by atoms with Gasteiger partial charge in [0.1, 0.15) is 5.01 Å². The number of alkyl halides is 3. The average Bonchev–Trinajstić information content (AvgIpc) is 3.53. The Morgan fingerprint density at radius 1 is 0.977 bits per heavy atom. The zero-order chi connectivity index (χ0) is 30.3. The Hall–Kier alpha value is -3.84. The van der Waals surface area contributed by atoms with Crippen molar-refractivity contribution in [1.29, 1.82) is 0 Å². The van der Waals surface area contributed by atoms with Crippen LogP contribution in [-0.4, -0.2) is 37.0 Å². The van der Waals surface area contributed by atoms with Gasteiger partial charge in [-0.2, -0.15) is 30.7 Å². The molecule has 0 aliphatic rings. The largest absolute Gasteiger partial charge is 0.422 e. The number of hydrogen-bond donors (Lipinski definition) is 2. The SMILES string of the molecule is C.NS(=O)(=O)NCc1nnc(C(c2nc3ccc(-c4ccc(F)nc4)cc3s2)S(=O)(=O)Cc2ccc(C(F)(F)F)cc2)o1. The maximum atomic E-state index is 13.7. The van der Waals surface area contributed by atoms with E-state index in [9.17, 15) is 34.4 Å². The highest BCUT2D eigenvalue weighted by atomic mass is 32.2. The maximum Gasteiger partial charge on any atom is 0.416 e. The molecule has 0 bridgehead atoms. The van der Waals surface area contributed by atoms with Crippen LogP contribution < -0.4 is 9.86 Å². The zero-order valence-electron chi connectivity index (χ0n) is 20.9. The van der Waals surface area contributed by atoms with E-state index in [0.29, 0.717) is 21.3 Å².